The minimum atomic E-state index is -1.56. The molecule has 0 radical (unpaired) electrons. The van der Waals surface area contributed by atoms with Gasteiger partial charge in [0.1, 0.15) is 0 Å². The maximum Gasteiger partial charge on any atom is 0.323 e. The van der Waals surface area contributed by atoms with Crippen molar-refractivity contribution in [1.29, 1.82) is 0 Å². The first-order chi connectivity index (χ1) is 6.84. The van der Waals surface area contributed by atoms with Gasteiger partial charge in [-0.2, -0.15) is 0 Å². The molecule has 0 aromatic heterocycles. The fourth-order valence-corrected chi connectivity index (χ4v) is 1.08. The molecule has 0 aliphatic rings. The Morgan fingerprint density at radius 1 is 1.47 bits per heavy atom. The van der Waals surface area contributed by atoms with Crippen molar-refractivity contribution < 1.29 is 24.5 Å². The van der Waals surface area contributed by atoms with Crippen LogP contribution in [0, 0.1) is 5.41 Å². The van der Waals surface area contributed by atoms with E-state index in [0.29, 0.717) is 0 Å². The van der Waals surface area contributed by atoms with Crippen LogP contribution in [0.4, 0.5) is 0 Å². The van der Waals surface area contributed by atoms with Gasteiger partial charge in [-0.15, -0.1) is 0 Å². The highest BCUT2D eigenvalue weighted by molar-refractivity contribution is 5.98. The van der Waals surface area contributed by atoms with Crippen LogP contribution in [0.1, 0.15) is 33.6 Å². The van der Waals surface area contributed by atoms with Crippen molar-refractivity contribution in [3.05, 3.63) is 0 Å². The van der Waals surface area contributed by atoms with Gasteiger partial charge in [-0.3, -0.25) is 9.59 Å². The molecule has 2 N–H and O–H groups in total. The molecule has 0 bridgehead atoms. The molecule has 0 heterocycles. The van der Waals surface area contributed by atoms with Crippen molar-refractivity contribution in [1.82, 2.24) is 0 Å². The van der Waals surface area contributed by atoms with Crippen molar-refractivity contribution in [2.75, 3.05) is 6.61 Å². The first kappa shape index (κ1) is 13.9. The van der Waals surface area contributed by atoms with E-state index in [2.05, 4.69) is 0 Å². The summed E-state index contributed by atoms with van der Waals surface area (Å²) in [7, 11) is 0. The fourth-order valence-electron chi connectivity index (χ4n) is 1.08. The van der Waals surface area contributed by atoms with E-state index >= 15 is 0 Å². The monoisotopic (exact) mass is 218 g/mol. The molecule has 0 saturated carbocycles. The molecule has 0 saturated heterocycles. The van der Waals surface area contributed by atoms with Crippen LogP contribution >= 0.6 is 0 Å². The molecule has 2 atom stereocenters. The lowest BCUT2D eigenvalue weighted by molar-refractivity contribution is -0.168. The number of rotatable bonds is 6. The summed E-state index contributed by atoms with van der Waals surface area (Å²) in [5, 5.41) is 18.0. The number of carboxylic acids is 1. The molecular formula is C10H18O5. The number of carbonyl (C=O) groups is 2. The van der Waals surface area contributed by atoms with Crippen molar-refractivity contribution in [3.8, 4) is 0 Å². The van der Waals surface area contributed by atoms with Gasteiger partial charge >= 0.3 is 11.9 Å². The quantitative estimate of drug-likeness (QED) is 0.509. The summed E-state index contributed by atoms with van der Waals surface area (Å²) >= 11 is 0. The van der Waals surface area contributed by atoms with Crippen molar-refractivity contribution in [2.24, 2.45) is 5.41 Å². The number of ether oxygens (including phenoxy) is 1. The summed E-state index contributed by atoms with van der Waals surface area (Å²) in [5.41, 5.74) is -1.56. The first-order valence-electron chi connectivity index (χ1n) is 4.93. The third-order valence-electron chi connectivity index (χ3n) is 2.26. The van der Waals surface area contributed by atoms with Gasteiger partial charge in [0.25, 0.3) is 0 Å². The lowest BCUT2D eigenvalue weighted by Crippen LogP contribution is -2.38. The Labute approximate surface area is 89.0 Å². The van der Waals surface area contributed by atoms with Crippen molar-refractivity contribution in [3.63, 3.8) is 0 Å². The normalized spacial score (nSPS) is 16.5. The standard InChI is InChI=1S/C10H18O5/c1-4-15-9(14)10(3,8(12)13)6-5-7(2)11/h7,11H,4-6H2,1-3H3,(H,12,13). The number of hydrogen-bond donors (Lipinski definition) is 2. The molecule has 0 rings (SSSR count). The molecule has 15 heavy (non-hydrogen) atoms. The van der Waals surface area contributed by atoms with Gasteiger partial charge in [0, 0.05) is 0 Å². The lowest BCUT2D eigenvalue weighted by atomic mass is 9.84. The van der Waals surface area contributed by atoms with Crippen LogP contribution < -0.4 is 0 Å². The topological polar surface area (TPSA) is 83.8 Å². The lowest BCUT2D eigenvalue weighted by Gasteiger charge is -2.22. The minimum absolute atomic E-state index is 0.0683. The zero-order valence-corrected chi connectivity index (χ0v) is 9.32. The predicted octanol–water partition coefficient (Wildman–Crippen LogP) is 0.801. The van der Waals surface area contributed by atoms with E-state index in [1.165, 1.54) is 6.92 Å². The van der Waals surface area contributed by atoms with Crippen LogP contribution in [0.5, 0.6) is 0 Å². The van der Waals surface area contributed by atoms with Gasteiger partial charge in [-0.05, 0) is 33.6 Å². The zero-order chi connectivity index (χ0) is 12.1. The Morgan fingerprint density at radius 2 is 2.00 bits per heavy atom. The number of aliphatic carboxylic acids is 1. The molecule has 0 spiro atoms. The van der Waals surface area contributed by atoms with Crippen LogP contribution in [0.2, 0.25) is 0 Å². The molecule has 2 unspecified atom stereocenters. The summed E-state index contributed by atoms with van der Waals surface area (Å²) in [6.45, 7) is 4.63. The molecule has 0 aliphatic carbocycles. The molecule has 0 amide bonds. The second-order valence-electron chi connectivity index (χ2n) is 3.75. The zero-order valence-electron chi connectivity index (χ0n) is 9.32. The first-order valence-corrected chi connectivity index (χ1v) is 4.93. The van der Waals surface area contributed by atoms with Crippen LogP contribution in [0.25, 0.3) is 0 Å². The number of aliphatic hydroxyl groups is 1. The van der Waals surface area contributed by atoms with E-state index in [1.807, 2.05) is 0 Å². The van der Waals surface area contributed by atoms with E-state index in [4.69, 9.17) is 14.9 Å². The third kappa shape index (κ3) is 3.87. The highest BCUT2D eigenvalue weighted by Gasteiger charge is 2.42. The van der Waals surface area contributed by atoms with E-state index < -0.39 is 23.5 Å². The molecule has 5 nitrogen and oxygen atoms in total. The molecule has 0 aliphatic heterocycles. The van der Waals surface area contributed by atoms with E-state index in [0.717, 1.165) is 0 Å². The Balaban J connectivity index is 4.59. The van der Waals surface area contributed by atoms with Crippen molar-refractivity contribution >= 4 is 11.9 Å². The van der Waals surface area contributed by atoms with Gasteiger partial charge in [0.15, 0.2) is 5.41 Å². The highest BCUT2D eigenvalue weighted by Crippen LogP contribution is 2.26. The summed E-state index contributed by atoms with van der Waals surface area (Å²) in [4.78, 5) is 22.4. The number of carboxylic acid groups (broad SMARTS) is 1. The highest BCUT2D eigenvalue weighted by atomic mass is 16.5. The summed E-state index contributed by atoms with van der Waals surface area (Å²) in [5.74, 6) is -1.97. The molecule has 88 valence electrons. The maximum atomic E-state index is 11.4. The van der Waals surface area contributed by atoms with Crippen LogP contribution in [0.3, 0.4) is 0 Å². The smallest absolute Gasteiger partial charge is 0.323 e. The Kier molecular flexibility index (Phi) is 5.28. The number of hydrogen-bond acceptors (Lipinski definition) is 4. The second kappa shape index (κ2) is 5.70. The minimum Gasteiger partial charge on any atom is -0.480 e. The van der Waals surface area contributed by atoms with Gasteiger partial charge in [0.05, 0.1) is 12.7 Å². The molecule has 0 aromatic rings. The number of carbonyl (C=O) groups excluding carboxylic acids is 1. The molecular weight excluding hydrogens is 200 g/mol. The second-order valence-corrected chi connectivity index (χ2v) is 3.75. The van der Waals surface area contributed by atoms with Gasteiger partial charge in [0.2, 0.25) is 0 Å². The van der Waals surface area contributed by atoms with Crippen LogP contribution in [0.15, 0.2) is 0 Å². The maximum absolute atomic E-state index is 11.4. The van der Waals surface area contributed by atoms with Crippen LogP contribution in [-0.2, 0) is 14.3 Å². The Hall–Kier alpha value is -1.10. The molecule has 0 fully saturated rings. The number of aliphatic hydroxyl groups excluding tert-OH is 1. The summed E-state index contributed by atoms with van der Waals surface area (Å²) in [6.07, 6.45) is -0.307. The average Bonchev–Trinajstić information content (AvgIpc) is 2.14. The van der Waals surface area contributed by atoms with E-state index in [9.17, 15) is 9.59 Å². The summed E-state index contributed by atoms with van der Waals surface area (Å²) < 4.78 is 4.70. The van der Waals surface area contributed by atoms with Gasteiger partial charge in [-0.1, -0.05) is 0 Å². The molecule has 5 heteroatoms. The van der Waals surface area contributed by atoms with E-state index in [-0.39, 0.29) is 19.4 Å². The summed E-state index contributed by atoms with van der Waals surface area (Å²) in [6, 6.07) is 0. The predicted molar refractivity (Wildman–Crippen MR) is 53.3 cm³/mol. The fraction of sp³-hybridized carbons (Fsp3) is 0.800. The SMILES string of the molecule is CCOC(=O)C(C)(CCC(C)O)C(=O)O. The van der Waals surface area contributed by atoms with Crippen molar-refractivity contribution in [2.45, 2.75) is 39.7 Å². The largest absolute Gasteiger partial charge is 0.480 e. The average molecular weight is 218 g/mol. The van der Waals surface area contributed by atoms with Gasteiger partial charge in [-0.25, -0.2) is 0 Å². The van der Waals surface area contributed by atoms with Crippen LogP contribution in [-0.4, -0.2) is 34.9 Å². The Morgan fingerprint density at radius 3 is 2.33 bits per heavy atom. The number of esters is 1. The third-order valence-corrected chi connectivity index (χ3v) is 2.26. The Bertz CT molecular complexity index is 236. The van der Waals surface area contributed by atoms with E-state index in [1.54, 1.807) is 13.8 Å². The molecule has 0 aromatic carbocycles. The van der Waals surface area contributed by atoms with Gasteiger partial charge < -0.3 is 14.9 Å².